The summed E-state index contributed by atoms with van der Waals surface area (Å²) in [6.07, 6.45) is 7.78. The van der Waals surface area contributed by atoms with Gasteiger partial charge < -0.3 is 25.3 Å². The molecule has 3 aliphatic rings. The van der Waals surface area contributed by atoms with E-state index < -0.39 is 0 Å². The highest BCUT2D eigenvalue weighted by Gasteiger charge is 2.38. The van der Waals surface area contributed by atoms with Gasteiger partial charge in [0.1, 0.15) is 11.9 Å². The minimum Gasteiger partial charge on any atom is -0.349 e. The van der Waals surface area contributed by atoms with Crippen molar-refractivity contribution >= 4 is 34.8 Å². The first kappa shape index (κ1) is 24.6. The standard InChI is InChI=1S/C28H38N6O2/c1-19-28(36)33(3)24-12-13-25(31-26(24)34(19)23-10-5-4-6-11-23)29-22-9-7-8-20(18-22)27(35)30-21-14-16-32(2)17-15-21/h7-9,12-13,18-19,21,23H,4-6,10-11,14-17H2,1-3H3,(H,29,31)(H,30,35)/t19-/m1/s1. The molecule has 2 amide bonds. The number of nitrogens with zero attached hydrogens (tertiary/aromatic N) is 4. The maximum Gasteiger partial charge on any atom is 0.251 e. The molecule has 0 unspecified atom stereocenters. The minimum atomic E-state index is -0.236. The van der Waals surface area contributed by atoms with Gasteiger partial charge in [-0.2, -0.15) is 0 Å². The Kier molecular flexibility index (Phi) is 7.14. The third-order valence-electron chi connectivity index (χ3n) is 7.98. The number of fused-ring (bicyclic) bond motifs is 1. The number of amides is 2. The number of pyridine rings is 1. The summed E-state index contributed by atoms with van der Waals surface area (Å²) in [6, 6.07) is 11.8. The van der Waals surface area contributed by atoms with Crippen LogP contribution in [0.25, 0.3) is 0 Å². The predicted octanol–water partition coefficient (Wildman–Crippen LogP) is 4.15. The Labute approximate surface area is 214 Å². The fraction of sp³-hybridized carbons (Fsp3) is 0.536. The molecule has 2 N–H and O–H groups in total. The summed E-state index contributed by atoms with van der Waals surface area (Å²) in [7, 11) is 3.95. The number of carbonyl (C=O) groups is 2. The zero-order valence-electron chi connectivity index (χ0n) is 21.7. The van der Waals surface area contributed by atoms with Crippen LogP contribution in [0.2, 0.25) is 0 Å². The molecule has 0 spiro atoms. The number of piperidine rings is 1. The van der Waals surface area contributed by atoms with Crippen LogP contribution >= 0.6 is 0 Å². The molecule has 0 bridgehead atoms. The lowest BCUT2D eigenvalue weighted by atomic mass is 9.92. The zero-order chi connectivity index (χ0) is 25.2. The van der Waals surface area contributed by atoms with E-state index in [-0.39, 0.29) is 23.9 Å². The Morgan fingerprint density at radius 1 is 1.00 bits per heavy atom. The predicted molar refractivity (Wildman–Crippen MR) is 144 cm³/mol. The van der Waals surface area contributed by atoms with Crippen molar-refractivity contribution in [1.82, 2.24) is 15.2 Å². The van der Waals surface area contributed by atoms with E-state index in [0.29, 0.717) is 17.4 Å². The lowest BCUT2D eigenvalue weighted by molar-refractivity contribution is -0.119. The second-order valence-electron chi connectivity index (χ2n) is 10.6. The number of carbonyl (C=O) groups excluding carboxylic acids is 2. The molecule has 3 heterocycles. The van der Waals surface area contributed by atoms with Crippen LogP contribution in [-0.4, -0.2) is 67.0 Å². The molecule has 36 heavy (non-hydrogen) atoms. The van der Waals surface area contributed by atoms with Crippen molar-refractivity contribution in [2.75, 3.05) is 42.3 Å². The van der Waals surface area contributed by atoms with Crippen molar-refractivity contribution in [1.29, 1.82) is 0 Å². The highest BCUT2D eigenvalue weighted by atomic mass is 16.2. The lowest BCUT2D eigenvalue weighted by Crippen LogP contribution is -2.55. The van der Waals surface area contributed by atoms with E-state index in [1.807, 2.05) is 50.4 Å². The lowest BCUT2D eigenvalue weighted by Gasteiger charge is -2.44. The van der Waals surface area contributed by atoms with Crippen molar-refractivity contribution in [3.63, 3.8) is 0 Å². The average Bonchev–Trinajstić information content (AvgIpc) is 2.89. The number of likely N-dealkylation sites (tertiary alicyclic amines) is 1. The van der Waals surface area contributed by atoms with Gasteiger partial charge in [0.2, 0.25) is 5.91 Å². The van der Waals surface area contributed by atoms with Crippen molar-refractivity contribution in [3.8, 4) is 0 Å². The first-order valence-corrected chi connectivity index (χ1v) is 13.3. The SMILES string of the molecule is C[C@@H]1C(=O)N(C)c2ccc(Nc3cccc(C(=O)NC4CCN(C)CC4)c3)nc2N1C1CCCCC1. The summed E-state index contributed by atoms with van der Waals surface area (Å²) in [6.45, 7) is 4.01. The number of hydrogen-bond acceptors (Lipinski definition) is 6. The third-order valence-corrected chi connectivity index (χ3v) is 7.98. The van der Waals surface area contributed by atoms with E-state index in [1.54, 1.807) is 4.90 Å². The van der Waals surface area contributed by atoms with Crippen LogP contribution in [-0.2, 0) is 4.79 Å². The molecule has 8 heteroatoms. The smallest absolute Gasteiger partial charge is 0.251 e. The molecule has 5 rings (SSSR count). The number of nitrogens with one attached hydrogen (secondary N) is 2. The molecular weight excluding hydrogens is 452 g/mol. The van der Waals surface area contributed by atoms with Gasteiger partial charge in [-0.15, -0.1) is 0 Å². The monoisotopic (exact) mass is 490 g/mol. The van der Waals surface area contributed by atoms with Gasteiger partial charge in [-0.05, 0) is 83.1 Å². The molecule has 1 aromatic carbocycles. The zero-order valence-corrected chi connectivity index (χ0v) is 21.7. The quantitative estimate of drug-likeness (QED) is 0.655. The van der Waals surface area contributed by atoms with Gasteiger partial charge in [-0.3, -0.25) is 9.59 Å². The molecule has 1 saturated carbocycles. The molecule has 2 aromatic rings. The van der Waals surface area contributed by atoms with Gasteiger partial charge in [-0.1, -0.05) is 25.3 Å². The van der Waals surface area contributed by atoms with Gasteiger partial charge in [-0.25, -0.2) is 4.98 Å². The van der Waals surface area contributed by atoms with Gasteiger partial charge >= 0.3 is 0 Å². The highest BCUT2D eigenvalue weighted by molar-refractivity contribution is 6.04. The van der Waals surface area contributed by atoms with Crippen LogP contribution in [0.1, 0.15) is 62.2 Å². The summed E-state index contributed by atoms with van der Waals surface area (Å²) >= 11 is 0. The maximum absolute atomic E-state index is 13.0. The second-order valence-corrected chi connectivity index (χ2v) is 10.6. The number of benzene rings is 1. The summed E-state index contributed by atoms with van der Waals surface area (Å²) in [5.74, 6) is 1.64. The van der Waals surface area contributed by atoms with Gasteiger partial charge in [0, 0.05) is 30.4 Å². The fourth-order valence-electron chi connectivity index (χ4n) is 5.82. The Balaban J connectivity index is 1.35. The van der Waals surface area contributed by atoms with E-state index in [2.05, 4.69) is 27.5 Å². The summed E-state index contributed by atoms with van der Waals surface area (Å²) in [4.78, 5) is 37.1. The molecule has 2 aliphatic heterocycles. The fourth-order valence-corrected chi connectivity index (χ4v) is 5.82. The Hall–Kier alpha value is -3.13. The number of hydrogen-bond donors (Lipinski definition) is 2. The molecule has 1 aliphatic carbocycles. The number of likely N-dealkylation sites (N-methyl/N-ethyl adjacent to an activating group) is 1. The van der Waals surface area contributed by atoms with Crippen LogP contribution < -0.4 is 20.4 Å². The summed E-state index contributed by atoms with van der Waals surface area (Å²) in [5, 5.41) is 6.59. The molecule has 1 aromatic heterocycles. The Morgan fingerprint density at radius 3 is 2.50 bits per heavy atom. The van der Waals surface area contributed by atoms with Crippen LogP contribution in [0.15, 0.2) is 36.4 Å². The largest absolute Gasteiger partial charge is 0.349 e. The summed E-state index contributed by atoms with van der Waals surface area (Å²) in [5.41, 5.74) is 2.30. The molecule has 2 fully saturated rings. The summed E-state index contributed by atoms with van der Waals surface area (Å²) < 4.78 is 0. The van der Waals surface area contributed by atoms with Crippen LogP contribution in [0.3, 0.4) is 0 Å². The molecule has 1 atom stereocenters. The van der Waals surface area contributed by atoms with Crippen LogP contribution in [0, 0.1) is 0 Å². The van der Waals surface area contributed by atoms with E-state index in [4.69, 9.17) is 4.98 Å². The van der Waals surface area contributed by atoms with Gasteiger partial charge in [0.15, 0.2) is 5.82 Å². The van der Waals surface area contributed by atoms with E-state index in [0.717, 1.165) is 56.0 Å². The van der Waals surface area contributed by atoms with Crippen molar-refractivity contribution in [2.24, 2.45) is 0 Å². The number of anilines is 4. The molecular formula is C28H38N6O2. The molecule has 1 saturated heterocycles. The average molecular weight is 491 g/mol. The molecule has 8 nitrogen and oxygen atoms in total. The van der Waals surface area contributed by atoms with Crippen LogP contribution in [0.4, 0.5) is 23.0 Å². The first-order chi connectivity index (χ1) is 17.4. The number of aromatic nitrogens is 1. The second kappa shape index (κ2) is 10.5. The van der Waals surface area contributed by atoms with E-state index in [9.17, 15) is 9.59 Å². The maximum atomic E-state index is 13.0. The Bertz CT molecular complexity index is 1110. The molecule has 0 radical (unpaired) electrons. The first-order valence-electron chi connectivity index (χ1n) is 13.3. The third kappa shape index (κ3) is 5.05. The van der Waals surface area contributed by atoms with Crippen molar-refractivity contribution in [2.45, 2.75) is 70.0 Å². The highest BCUT2D eigenvalue weighted by Crippen LogP contribution is 2.39. The Morgan fingerprint density at radius 2 is 1.75 bits per heavy atom. The molecule has 192 valence electrons. The topological polar surface area (TPSA) is 80.8 Å². The van der Waals surface area contributed by atoms with E-state index in [1.165, 1.54) is 19.3 Å². The van der Waals surface area contributed by atoms with Gasteiger partial charge in [0.25, 0.3) is 5.91 Å². The van der Waals surface area contributed by atoms with E-state index >= 15 is 0 Å². The van der Waals surface area contributed by atoms with Crippen LogP contribution in [0.5, 0.6) is 0 Å². The minimum absolute atomic E-state index is 0.0379. The number of rotatable bonds is 5. The normalized spacial score (nSPS) is 21.9. The van der Waals surface area contributed by atoms with Crippen molar-refractivity contribution < 1.29 is 9.59 Å². The van der Waals surface area contributed by atoms with Crippen molar-refractivity contribution in [3.05, 3.63) is 42.0 Å². The van der Waals surface area contributed by atoms with Gasteiger partial charge in [0.05, 0.1) is 5.69 Å².